The van der Waals surface area contributed by atoms with Crippen LogP contribution in [0.5, 0.6) is 5.75 Å². The lowest BCUT2D eigenvalue weighted by atomic mass is 10.2. The minimum atomic E-state index is -3.72. The zero-order chi connectivity index (χ0) is 24.0. The van der Waals surface area contributed by atoms with Gasteiger partial charge in [-0.3, -0.25) is 9.69 Å². The maximum Gasteiger partial charge on any atom is 0.251 e. The molecule has 1 N–H and O–H groups in total. The molecule has 0 bridgehead atoms. The van der Waals surface area contributed by atoms with Gasteiger partial charge in [0.1, 0.15) is 10.6 Å². The molecule has 0 aromatic heterocycles. The van der Waals surface area contributed by atoms with E-state index >= 15 is 0 Å². The number of hydrogen-bond acceptors (Lipinski definition) is 6. The normalized spacial score (nSPS) is 15.0. The number of anilines is 1. The maximum absolute atomic E-state index is 12.6. The number of hydrogen-bond donors (Lipinski definition) is 1. The van der Waals surface area contributed by atoms with Gasteiger partial charge in [0.05, 0.1) is 7.11 Å². The average Bonchev–Trinajstić information content (AvgIpc) is 2.81. The van der Waals surface area contributed by atoms with Gasteiger partial charge in [-0.1, -0.05) is 12.1 Å². The summed E-state index contributed by atoms with van der Waals surface area (Å²) in [7, 11) is 0.576. The first-order chi connectivity index (χ1) is 15.7. The van der Waals surface area contributed by atoms with Gasteiger partial charge in [-0.05, 0) is 55.8 Å². The van der Waals surface area contributed by atoms with Crippen LogP contribution in [0, 0.1) is 6.92 Å². The first-order valence-electron chi connectivity index (χ1n) is 11.1. The van der Waals surface area contributed by atoms with E-state index in [1.54, 1.807) is 6.07 Å². The van der Waals surface area contributed by atoms with E-state index < -0.39 is 10.0 Å². The summed E-state index contributed by atoms with van der Waals surface area (Å²) >= 11 is 0. The van der Waals surface area contributed by atoms with Gasteiger partial charge in [-0.25, -0.2) is 12.7 Å². The monoisotopic (exact) mass is 474 g/mol. The molecule has 1 aliphatic heterocycles. The average molecular weight is 475 g/mol. The number of nitrogens with zero attached hydrogens (tertiary/aromatic N) is 3. The van der Waals surface area contributed by atoms with Crippen molar-refractivity contribution in [1.29, 1.82) is 0 Å². The third-order valence-corrected chi connectivity index (χ3v) is 7.70. The predicted molar refractivity (Wildman–Crippen MR) is 131 cm³/mol. The van der Waals surface area contributed by atoms with Crippen LogP contribution in [0.3, 0.4) is 0 Å². The van der Waals surface area contributed by atoms with Crippen molar-refractivity contribution in [3.63, 3.8) is 0 Å². The molecule has 0 atom stereocenters. The molecule has 0 aliphatic carbocycles. The van der Waals surface area contributed by atoms with Crippen molar-refractivity contribution in [2.45, 2.75) is 18.2 Å². The summed E-state index contributed by atoms with van der Waals surface area (Å²) in [6, 6.07) is 13.1. The molecule has 1 amide bonds. The number of carbonyl (C=O) groups excluding carboxylic acids is 1. The lowest BCUT2D eigenvalue weighted by molar-refractivity contribution is 0.0951. The molecule has 180 valence electrons. The highest BCUT2D eigenvalue weighted by Crippen LogP contribution is 2.27. The summed E-state index contributed by atoms with van der Waals surface area (Å²) in [4.78, 5) is 17.4. The Hall–Kier alpha value is -2.62. The summed E-state index contributed by atoms with van der Waals surface area (Å²) in [6.07, 6.45) is 0.829. The third kappa shape index (κ3) is 6.25. The molecule has 33 heavy (non-hydrogen) atoms. The topological polar surface area (TPSA) is 82.2 Å². The summed E-state index contributed by atoms with van der Waals surface area (Å²) in [5, 5.41) is 2.90. The van der Waals surface area contributed by atoms with Crippen molar-refractivity contribution in [2.24, 2.45) is 0 Å². The molecule has 0 spiro atoms. The Balaban J connectivity index is 1.47. The van der Waals surface area contributed by atoms with Crippen LogP contribution in [-0.2, 0) is 10.0 Å². The first-order valence-corrected chi connectivity index (χ1v) is 12.6. The summed E-state index contributed by atoms with van der Waals surface area (Å²) in [5.41, 5.74) is 2.84. The highest BCUT2D eigenvalue weighted by Gasteiger charge is 2.24. The van der Waals surface area contributed by atoms with Crippen molar-refractivity contribution in [3.05, 3.63) is 53.6 Å². The van der Waals surface area contributed by atoms with Gasteiger partial charge >= 0.3 is 0 Å². The second-order valence-corrected chi connectivity index (χ2v) is 10.6. The molecular formula is C24H34N4O4S. The Labute approximate surface area is 197 Å². The molecule has 1 heterocycles. The van der Waals surface area contributed by atoms with Gasteiger partial charge < -0.3 is 15.0 Å². The van der Waals surface area contributed by atoms with Crippen molar-refractivity contribution in [1.82, 2.24) is 14.5 Å². The quantitative estimate of drug-likeness (QED) is 0.561. The van der Waals surface area contributed by atoms with Gasteiger partial charge in [0.2, 0.25) is 10.0 Å². The van der Waals surface area contributed by atoms with Gasteiger partial charge in [0, 0.05) is 58.1 Å². The number of sulfonamides is 1. The number of ether oxygens (including phenoxy) is 1. The fourth-order valence-electron chi connectivity index (χ4n) is 3.88. The zero-order valence-corrected chi connectivity index (χ0v) is 20.7. The van der Waals surface area contributed by atoms with Gasteiger partial charge in [0.15, 0.2) is 0 Å². The molecular weight excluding hydrogens is 440 g/mol. The molecule has 8 nitrogen and oxygen atoms in total. The molecule has 1 saturated heterocycles. The minimum Gasteiger partial charge on any atom is -0.495 e. The van der Waals surface area contributed by atoms with E-state index in [1.165, 1.54) is 44.6 Å². The molecule has 0 unspecified atom stereocenters. The summed E-state index contributed by atoms with van der Waals surface area (Å²) < 4.78 is 31.4. The molecule has 2 aromatic rings. The Morgan fingerprint density at radius 3 is 2.45 bits per heavy atom. The van der Waals surface area contributed by atoms with Crippen molar-refractivity contribution < 1.29 is 17.9 Å². The predicted octanol–water partition coefficient (Wildman–Crippen LogP) is 2.20. The summed E-state index contributed by atoms with van der Waals surface area (Å²) in [5.74, 6) is -0.0813. The fourth-order valence-corrected chi connectivity index (χ4v) is 4.95. The number of piperazine rings is 1. The number of rotatable bonds is 9. The van der Waals surface area contributed by atoms with Crippen molar-refractivity contribution in [3.8, 4) is 5.75 Å². The van der Waals surface area contributed by atoms with Crippen LogP contribution in [0.1, 0.15) is 22.3 Å². The van der Waals surface area contributed by atoms with E-state index in [2.05, 4.69) is 46.3 Å². The number of methoxy groups -OCH3 is 1. The molecule has 9 heteroatoms. The van der Waals surface area contributed by atoms with E-state index in [9.17, 15) is 13.2 Å². The SMILES string of the molecule is COc1ccc(C(=O)NCCCN2CCN(c3cccc(C)c3)CC2)cc1S(=O)(=O)N(C)C. The van der Waals surface area contributed by atoms with E-state index in [0.29, 0.717) is 12.1 Å². The number of nitrogens with one attached hydrogen (secondary N) is 1. The van der Waals surface area contributed by atoms with Crippen molar-refractivity contribution >= 4 is 21.6 Å². The number of benzene rings is 2. The second kappa shape index (κ2) is 11.0. The lowest BCUT2D eigenvalue weighted by Gasteiger charge is -2.36. The number of amides is 1. The molecule has 1 aliphatic rings. The zero-order valence-electron chi connectivity index (χ0n) is 19.9. The molecule has 0 radical (unpaired) electrons. The first kappa shape index (κ1) is 25.0. The van der Waals surface area contributed by atoms with Gasteiger partial charge in [-0.2, -0.15) is 0 Å². The van der Waals surface area contributed by atoms with Gasteiger partial charge in [-0.15, -0.1) is 0 Å². The second-order valence-electron chi connectivity index (χ2n) is 8.43. The molecule has 2 aromatic carbocycles. The number of carbonyl (C=O) groups is 1. The van der Waals surface area contributed by atoms with E-state index in [4.69, 9.17) is 4.74 Å². The maximum atomic E-state index is 12.6. The van der Waals surface area contributed by atoms with E-state index in [0.717, 1.165) is 43.4 Å². The Morgan fingerprint density at radius 2 is 1.82 bits per heavy atom. The van der Waals surface area contributed by atoms with Crippen LogP contribution in [0.15, 0.2) is 47.4 Å². The van der Waals surface area contributed by atoms with Crippen LogP contribution in [0.25, 0.3) is 0 Å². The largest absolute Gasteiger partial charge is 0.495 e. The van der Waals surface area contributed by atoms with E-state index in [-0.39, 0.29) is 16.6 Å². The van der Waals surface area contributed by atoms with Crippen LogP contribution >= 0.6 is 0 Å². The van der Waals surface area contributed by atoms with Gasteiger partial charge in [0.25, 0.3) is 5.91 Å². The Kier molecular flexibility index (Phi) is 8.34. The minimum absolute atomic E-state index is 0.0193. The standard InChI is InChI=1S/C24H34N4O4S/c1-19-7-5-8-21(17-19)28-15-13-27(14-16-28)12-6-11-25-24(29)20-9-10-22(32-4)23(18-20)33(30,31)26(2)3/h5,7-10,17-18H,6,11-16H2,1-4H3,(H,25,29). The summed E-state index contributed by atoms with van der Waals surface area (Å²) in [6.45, 7) is 7.51. The molecule has 0 saturated carbocycles. The molecule has 1 fully saturated rings. The third-order valence-electron chi connectivity index (χ3n) is 5.86. The van der Waals surface area contributed by atoms with Crippen LogP contribution in [-0.4, -0.2) is 84.0 Å². The molecule has 3 rings (SSSR count). The smallest absolute Gasteiger partial charge is 0.251 e. The number of aryl methyl sites for hydroxylation is 1. The Morgan fingerprint density at radius 1 is 1.09 bits per heavy atom. The van der Waals surface area contributed by atoms with E-state index in [1.807, 2.05) is 0 Å². The van der Waals surface area contributed by atoms with Crippen LogP contribution in [0.2, 0.25) is 0 Å². The highest BCUT2D eigenvalue weighted by atomic mass is 32.2. The lowest BCUT2D eigenvalue weighted by Crippen LogP contribution is -2.47. The highest BCUT2D eigenvalue weighted by molar-refractivity contribution is 7.89. The van der Waals surface area contributed by atoms with Crippen LogP contribution in [0.4, 0.5) is 5.69 Å². The Bertz CT molecular complexity index is 1060. The van der Waals surface area contributed by atoms with Crippen molar-refractivity contribution in [2.75, 3.05) is 65.4 Å². The van der Waals surface area contributed by atoms with Crippen LogP contribution < -0.4 is 15.0 Å². The fraction of sp³-hybridized carbons (Fsp3) is 0.458.